The van der Waals surface area contributed by atoms with E-state index in [2.05, 4.69) is 9.46 Å². The molecule has 0 aromatic rings. The number of nitrogens with one attached hydrogen (secondary N) is 1. The van der Waals surface area contributed by atoms with Crippen LogP contribution in [0.1, 0.15) is 0 Å². The molecule has 48 valence electrons. The lowest BCUT2D eigenvalue weighted by Gasteiger charge is -1.96. The summed E-state index contributed by atoms with van der Waals surface area (Å²) in [6.07, 6.45) is 0. The Kier molecular flexibility index (Phi) is 4.48. The van der Waals surface area contributed by atoms with E-state index in [0.29, 0.717) is 5.94 Å². The molecule has 3 N–H and O–H groups in total. The minimum absolute atomic E-state index is 0.420. The number of methoxy groups -OCH3 is 1. The molecule has 5 heteroatoms. The molecule has 0 saturated heterocycles. The number of carbonyl (C=O) groups is 1. The molecule has 0 fully saturated rings. The maximum absolute atomic E-state index is 9.91. The molecule has 0 aromatic carbocycles. The highest BCUT2D eigenvalue weighted by molar-refractivity contribution is 7.97. The molecule has 8 heavy (non-hydrogen) atoms. The first kappa shape index (κ1) is 7.58. The van der Waals surface area contributed by atoms with E-state index < -0.39 is 6.03 Å². The lowest BCUT2D eigenvalue weighted by Crippen LogP contribution is -2.23. The Morgan fingerprint density at radius 1 is 2.00 bits per heavy atom. The molecule has 0 radical (unpaired) electrons. The zero-order valence-electron chi connectivity index (χ0n) is 4.51. The van der Waals surface area contributed by atoms with Crippen LogP contribution in [0, 0.1) is 0 Å². The van der Waals surface area contributed by atoms with E-state index in [0.717, 1.165) is 11.9 Å². The first-order valence-corrected chi connectivity index (χ1v) is 2.92. The summed E-state index contributed by atoms with van der Waals surface area (Å²) in [4.78, 5) is 9.91. The van der Waals surface area contributed by atoms with E-state index in [1.807, 2.05) is 0 Å². The molecule has 0 rings (SSSR count). The highest BCUT2D eigenvalue weighted by Gasteiger charge is 1.87. The Balaban J connectivity index is 2.82. The molecular formula is C3H8N2O2S. The summed E-state index contributed by atoms with van der Waals surface area (Å²) in [6.45, 7) is 0. The van der Waals surface area contributed by atoms with E-state index in [-0.39, 0.29) is 0 Å². The number of hydrogen-bond acceptors (Lipinski definition) is 3. The summed E-state index contributed by atoms with van der Waals surface area (Å²) >= 11 is 1.11. The van der Waals surface area contributed by atoms with Crippen LogP contribution >= 0.6 is 11.9 Å². The van der Waals surface area contributed by atoms with Crippen molar-refractivity contribution in [2.75, 3.05) is 13.0 Å². The first-order chi connectivity index (χ1) is 3.77. The summed E-state index contributed by atoms with van der Waals surface area (Å²) in [7, 11) is 1.54. The zero-order valence-corrected chi connectivity index (χ0v) is 5.33. The van der Waals surface area contributed by atoms with E-state index in [9.17, 15) is 4.79 Å². The van der Waals surface area contributed by atoms with Gasteiger partial charge in [-0.15, -0.1) is 0 Å². The van der Waals surface area contributed by atoms with Crippen LogP contribution in [0.5, 0.6) is 0 Å². The second-order valence-electron chi connectivity index (χ2n) is 1.02. The molecule has 0 heterocycles. The second kappa shape index (κ2) is 4.73. The minimum atomic E-state index is -0.549. The number of ether oxygens (including phenoxy) is 1. The number of rotatable bonds is 3. The lowest BCUT2D eigenvalue weighted by atomic mass is 11.2. The van der Waals surface area contributed by atoms with Gasteiger partial charge in [-0.1, -0.05) is 0 Å². The minimum Gasteiger partial charge on any atom is -0.372 e. The van der Waals surface area contributed by atoms with Crippen molar-refractivity contribution in [2.24, 2.45) is 5.73 Å². The highest BCUT2D eigenvalue weighted by atomic mass is 32.2. The average molecular weight is 136 g/mol. The third-order valence-corrected chi connectivity index (χ3v) is 1.05. The Bertz CT molecular complexity index is 77.7. The van der Waals surface area contributed by atoms with Gasteiger partial charge in [-0.25, -0.2) is 4.79 Å². The van der Waals surface area contributed by atoms with Gasteiger partial charge in [0.05, 0.1) is 0 Å². The Morgan fingerprint density at radius 3 is 3.00 bits per heavy atom. The van der Waals surface area contributed by atoms with Crippen molar-refractivity contribution < 1.29 is 9.53 Å². The molecule has 0 aliphatic carbocycles. The van der Waals surface area contributed by atoms with Gasteiger partial charge in [0.25, 0.3) is 0 Å². The van der Waals surface area contributed by atoms with Crippen molar-refractivity contribution >= 4 is 18.0 Å². The van der Waals surface area contributed by atoms with Crippen LogP contribution < -0.4 is 10.5 Å². The number of hydrogen-bond donors (Lipinski definition) is 2. The van der Waals surface area contributed by atoms with Gasteiger partial charge in [0.1, 0.15) is 5.94 Å². The summed E-state index contributed by atoms with van der Waals surface area (Å²) in [5.74, 6) is 0.420. The zero-order chi connectivity index (χ0) is 6.41. The molecule has 0 unspecified atom stereocenters. The number of carbonyl (C=O) groups excluding carboxylic acids is 1. The first-order valence-electron chi connectivity index (χ1n) is 1.93. The maximum Gasteiger partial charge on any atom is 0.322 e. The van der Waals surface area contributed by atoms with Crippen molar-refractivity contribution in [2.45, 2.75) is 0 Å². The molecule has 0 aliphatic heterocycles. The predicted molar refractivity (Wildman–Crippen MR) is 32.2 cm³/mol. The van der Waals surface area contributed by atoms with E-state index in [4.69, 9.17) is 5.73 Å². The number of nitrogens with two attached hydrogens (primary N) is 1. The molecule has 0 spiro atoms. The van der Waals surface area contributed by atoms with E-state index >= 15 is 0 Å². The Labute approximate surface area is 51.9 Å². The third-order valence-electron chi connectivity index (χ3n) is 0.350. The van der Waals surface area contributed by atoms with Gasteiger partial charge < -0.3 is 10.5 Å². The van der Waals surface area contributed by atoms with E-state index in [1.165, 1.54) is 7.11 Å². The van der Waals surface area contributed by atoms with Crippen LogP contribution in [0.4, 0.5) is 4.79 Å². The van der Waals surface area contributed by atoms with Gasteiger partial charge in [0, 0.05) is 7.11 Å². The van der Waals surface area contributed by atoms with Crippen LogP contribution in [0.25, 0.3) is 0 Å². The van der Waals surface area contributed by atoms with Crippen molar-refractivity contribution in [3.63, 3.8) is 0 Å². The molecule has 4 nitrogen and oxygen atoms in total. The quantitative estimate of drug-likeness (QED) is 0.323. The van der Waals surface area contributed by atoms with Crippen molar-refractivity contribution in [1.82, 2.24) is 4.72 Å². The summed E-state index contributed by atoms with van der Waals surface area (Å²) in [5, 5.41) is 0. The lowest BCUT2D eigenvalue weighted by molar-refractivity contribution is 0.250. The molecule has 0 atom stereocenters. The SMILES string of the molecule is COCSNC(N)=O. The fourth-order valence-corrected chi connectivity index (χ4v) is 0.479. The standard InChI is InChI=1S/C3H8N2O2S/c1-7-2-8-5-3(4)6/h2H2,1H3,(H3,4,5,6). The fraction of sp³-hybridized carbons (Fsp3) is 0.667. The largest absolute Gasteiger partial charge is 0.372 e. The van der Waals surface area contributed by atoms with Crippen LogP contribution in [0.2, 0.25) is 0 Å². The van der Waals surface area contributed by atoms with Crippen molar-refractivity contribution in [1.29, 1.82) is 0 Å². The molecule has 0 saturated carbocycles. The molecule has 0 aromatic heterocycles. The van der Waals surface area contributed by atoms with Crippen LogP contribution in [0.15, 0.2) is 0 Å². The summed E-state index contributed by atoms with van der Waals surface area (Å²) < 4.78 is 6.86. The predicted octanol–water partition coefficient (Wildman–Crippen LogP) is -0.0932. The topological polar surface area (TPSA) is 64.3 Å². The van der Waals surface area contributed by atoms with Crippen LogP contribution in [-0.4, -0.2) is 19.1 Å². The average Bonchev–Trinajstić information content (AvgIpc) is 1.66. The highest BCUT2D eigenvalue weighted by Crippen LogP contribution is 1.89. The van der Waals surface area contributed by atoms with Crippen LogP contribution in [-0.2, 0) is 4.74 Å². The number of primary amides is 1. The van der Waals surface area contributed by atoms with Crippen molar-refractivity contribution in [3.05, 3.63) is 0 Å². The van der Waals surface area contributed by atoms with Gasteiger partial charge in [0.2, 0.25) is 0 Å². The molecule has 0 aliphatic rings. The smallest absolute Gasteiger partial charge is 0.322 e. The maximum atomic E-state index is 9.91. The number of urea groups is 1. The summed E-state index contributed by atoms with van der Waals surface area (Å²) in [6, 6.07) is -0.549. The van der Waals surface area contributed by atoms with Gasteiger partial charge >= 0.3 is 6.03 Å². The monoisotopic (exact) mass is 136 g/mol. The molecule has 0 bridgehead atoms. The molecule has 2 amide bonds. The van der Waals surface area contributed by atoms with E-state index in [1.54, 1.807) is 0 Å². The van der Waals surface area contributed by atoms with Gasteiger partial charge in [-0.3, -0.25) is 4.72 Å². The normalized spacial score (nSPS) is 8.62. The number of amides is 2. The Hall–Kier alpha value is -0.420. The van der Waals surface area contributed by atoms with Gasteiger partial charge in [0.15, 0.2) is 0 Å². The summed E-state index contributed by atoms with van der Waals surface area (Å²) in [5.41, 5.74) is 4.71. The second-order valence-corrected chi connectivity index (χ2v) is 1.75. The van der Waals surface area contributed by atoms with Gasteiger partial charge in [-0.05, 0) is 11.9 Å². The third kappa shape index (κ3) is 5.58. The van der Waals surface area contributed by atoms with Crippen LogP contribution in [0.3, 0.4) is 0 Å². The Morgan fingerprint density at radius 2 is 2.62 bits per heavy atom. The van der Waals surface area contributed by atoms with Gasteiger partial charge in [-0.2, -0.15) is 0 Å². The molecular weight excluding hydrogens is 128 g/mol. The fourth-order valence-electron chi connectivity index (χ4n) is 0.160. The van der Waals surface area contributed by atoms with Crippen molar-refractivity contribution in [3.8, 4) is 0 Å².